The van der Waals surface area contributed by atoms with Gasteiger partial charge in [-0.2, -0.15) is 0 Å². The molecule has 0 spiro atoms. The van der Waals surface area contributed by atoms with Crippen LogP contribution in [0.4, 0.5) is 10.1 Å². The normalized spacial score (nSPS) is 13.6. The summed E-state index contributed by atoms with van der Waals surface area (Å²) in [6.45, 7) is 6.61. The van der Waals surface area contributed by atoms with Gasteiger partial charge in [-0.3, -0.25) is 4.99 Å². The molecular formula is C16H25FN2. The first-order valence-electron chi connectivity index (χ1n) is 7.05. The molecule has 0 aliphatic heterocycles. The van der Waals surface area contributed by atoms with Crippen LogP contribution < -0.4 is 5.73 Å². The third kappa shape index (κ3) is 4.75. The number of alkyl halides is 1. The molecule has 1 unspecified atom stereocenters. The summed E-state index contributed by atoms with van der Waals surface area (Å²) in [5.74, 6) is 0.465. The van der Waals surface area contributed by atoms with E-state index in [0.717, 1.165) is 30.5 Å². The maximum atomic E-state index is 12.6. The number of benzene rings is 1. The summed E-state index contributed by atoms with van der Waals surface area (Å²) in [5.41, 5.74) is 9.47. The van der Waals surface area contributed by atoms with Crippen LogP contribution in [0.2, 0.25) is 0 Å². The predicted molar refractivity (Wildman–Crippen MR) is 80.8 cm³/mol. The number of hydrogen-bond donors (Lipinski definition) is 1. The molecule has 1 aromatic rings. The second-order valence-corrected chi connectivity index (χ2v) is 5.06. The van der Waals surface area contributed by atoms with Gasteiger partial charge in [-0.25, -0.2) is 4.39 Å². The van der Waals surface area contributed by atoms with E-state index in [4.69, 9.17) is 10.7 Å². The second kappa shape index (κ2) is 8.05. The van der Waals surface area contributed by atoms with E-state index in [9.17, 15) is 4.39 Å². The van der Waals surface area contributed by atoms with Crippen molar-refractivity contribution in [3.05, 3.63) is 29.3 Å². The topological polar surface area (TPSA) is 38.4 Å². The standard InChI is InChI=1S/C16H25FN2/c1-4-12(2)15(6-5-9-18)19-16-8-7-14(11-17)10-13(16)3/h7-8,10,12H,4-6,9,11,18H2,1-3H3. The molecule has 0 saturated carbocycles. The molecule has 106 valence electrons. The van der Waals surface area contributed by atoms with E-state index < -0.39 is 6.67 Å². The molecule has 2 nitrogen and oxygen atoms in total. The molecule has 0 bridgehead atoms. The monoisotopic (exact) mass is 264 g/mol. The van der Waals surface area contributed by atoms with E-state index >= 15 is 0 Å². The molecule has 0 heterocycles. The van der Waals surface area contributed by atoms with Gasteiger partial charge in [0, 0.05) is 5.71 Å². The number of rotatable bonds is 7. The van der Waals surface area contributed by atoms with Crippen LogP contribution in [0.5, 0.6) is 0 Å². The van der Waals surface area contributed by atoms with Gasteiger partial charge < -0.3 is 5.73 Å². The van der Waals surface area contributed by atoms with E-state index in [1.165, 1.54) is 5.71 Å². The third-order valence-electron chi connectivity index (χ3n) is 3.50. The quantitative estimate of drug-likeness (QED) is 0.732. The highest BCUT2D eigenvalue weighted by Crippen LogP contribution is 2.23. The molecule has 0 aliphatic rings. The largest absolute Gasteiger partial charge is 0.330 e. The van der Waals surface area contributed by atoms with Crippen LogP contribution in [-0.2, 0) is 6.67 Å². The summed E-state index contributed by atoms with van der Waals surface area (Å²) in [7, 11) is 0. The highest BCUT2D eigenvalue weighted by Gasteiger charge is 2.09. The van der Waals surface area contributed by atoms with E-state index in [-0.39, 0.29) is 0 Å². The molecule has 1 atom stereocenters. The maximum absolute atomic E-state index is 12.6. The molecule has 0 aliphatic carbocycles. The SMILES string of the molecule is CCC(C)C(CCCN)=Nc1ccc(CF)cc1C. The van der Waals surface area contributed by atoms with Gasteiger partial charge in [-0.1, -0.05) is 26.0 Å². The summed E-state index contributed by atoms with van der Waals surface area (Å²) in [6.07, 6.45) is 2.98. The molecule has 3 heteroatoms. The van der Waals surface area contributed by atoms with Gasteiger partial charge in [0.25, 0.3) is 0 Å². The summed E-state index contributed by atoms with van der Waals surface area (Å²) < 4.78 is 12.6. The van der Waals surface area contributed by atoms with Gasteiger partial charge in [0.2, 0.25) is 0 Å². The van der Waals surface area contributed by atoms with Crippen LogP contribution in [-0.4, -0.2) is 12.3 Å². The van der Waals surface area contributed by atoms with E-state index in [1.54, 1.807) is 0 Å². The minimum atomic E-state index is -0.420. The summed E-state index contributed by atoms with van der Waals surface area (Å²) >= 11 is 0. The van der Waals surface area contributed by atoms with Crippen LogP contribution in [0.15, 0.2) is 23.2 Å². The maximum Gasteiger partial charge on any atom is 0.115 e. The number of aryl methyl sites for hydroxylation is 1. The fraction of sp³-hybridized carbons (Fsp3) is 0.562. The lowest BCUT2D eigenvalue weighted by molar-refractivity contribution is 0.485. The van der Waals surface area contributed by atoms with Gasteiger partial charge in [-0.15, -0.1) is 0 Å². The fourth-order valence-corrected chi connectivity index (χ4v) is 2.01. The van der Waals surface area contributed by atoms with Crippen molar-refractivity contribution in [3.8, 4) is 0 Å². The second-order valence-electron chi connectivity index (χ2n) is 5.06. The predicted octanol–water partition coefficient (Wildman–Crippen LogP) is 4.32. The minimum Gasteiger partial charge on any atom is -0.330 e. The Morgan fingerprint density at radius 3 is 2.68 bits per heavy atom. The van der Waals surface area contributed by atoms with Crippen molar-refractivity contribution >= 4 is 11.4 Å². The first-order chi connectivity index (χ1) is 9.12. The zero-order valence-electron chi connectivity index (χ0n) is 12.2. The number of halogens is 1. The molecule has 1 aromatic carbocycles. The molecular weight excluding hydrogens is 239 g/mol. The Hall–Kier alpha value is -1.22. The number of nitrogens with zero attached hydrogens (tertiary/aromatic N) is 1. The molecule has 2 N–H and O–H groups in total. The molecule has 1 rings (SSSR count). The number of nitrogens with two attached hydrogens (primary N) is 1. The van der Waals surface area contributed by atoms with Crippen LogP contribution in [0, 0.1) is 12.8 Å². The zero-order valence-corrected chi connectivity index (χ0v) is 12.2. The molecule has 0 aromatic heterocycles. The van der Waals surface area contributed by atoms with Crippen molar-refractivity contribution in [3.63, 3.8) is 0 Å². The minimum absolute atomic E-state index is 0.420. The van der Waals surface area contributed by atoms with E-state index in [1.807, 2.05) is 25.1 Å². The van der Waals surface area contributed by atoms with Crippen LogP contribution in [0.3, 0.4) is 0 Å². The van der Waals surface area contributed by atoms with Gasteiger partial charge in [0.15, 0.2) is 0 Å². The van der Waals surface area contributed by atoms with Crippen LogP contribution >= 0.6 is 0 Å². The summed E-state index contributed by atoms with van der Waals surface area (Å²) in [5, 5.41) is 0. The van der Waals surface area contributed by atoms with Crippen molar-refractivity contribution in [2.24, 2.45) is 16.6 Å². The van der Waals surface area contributed by atoms with Gasteiger partial charge >= 0.3 is 0 Å². The Morgan fingerprint density at radius 1 is 1.42 bits per heavy atom. The Labute approximate surface area is 115 Å². The lowest BCUT2D eigenvalue weighted by Gasteiger charge is -2.14. The summed E-state index contributed by atoms with van der Waals surface area (Å²) in [6, 6.07) is 5.59. The van der Waals surface area contributed by atoms with Gasteiger partial charge in [-0.05, 0) is 55.8 Å². The van der Waals surface area contributed by atoms with Crippen molar-refractivity contribution in [1.82, 2.24) is 0 Å². The van der Waals surface area contributed by atoms with E-state index in [0.29, 0.717) is 18.0 Å². The number of hydrogen-bond acceptors (Lipinski definition) is 2. The lowest BCUT2D eigenvalue weighted by atomic mass is 9.98. The zero-order chi connectivity index (χ0) is 14.3. The average Bonchev–Trinajstić information content (AvgIpc) is 2.43. The Kier molecular flexibility index (Phi) is 6.71. The summed E-state index contributed by atoms with van der Waals surface area (Å²) in [4.78, 5) is 4.78. The highest BCUT2D eigenvalue weighted by molar-refractivity contribution is 5.89. The Morgan fingerprint density at radius 2 is 2.16 bits per heavy atom. The van der Waals surface area contributed by atoms with Gasteiger partial charge in [0.1, 0.15) is 6.67 Å². The molecule has 19 heavy (non-hydrogen) atoms. The third-order valence-corrected chi connectivity index (χ3v) is 3.50. The molecule has 0 fully saturated rings. The fourth-order valence-electron chi connectivity index (χ4n) is 2.01. The molecule has 0 radical (unpaired) electrons. The van der Waals surface area contributed by atoms with Crippen molar-refractivity contribution < 1.29 is 4.39 Å². The van der Waals surface area contributed by atoms with Crippen molar-refractivity contribution in [1.29, 1.82) is 0 Å². The van der Waals surface area contributed by atoms with Crippen LogP contribution in [0.25, 0.3) is 0 Å². The first kappa shape index (κ1) is 15.8. The number of aliphatic imine (C=N–C) groups is 1. The van der Waals surface area contributed by atoms with Gasteiger partial charge in [0.05, 0.1) is 5.69 Å². The van der Waals surface area contributed by atoms with Crippen molar-refractivity contribution in [2.75, 3.05) is 6.54 Å². The lowest BCUT2D eigenvalue weighted by Crippen LogP contribution is -2.12. The van der Waals surface area contributed by atoms with E-state index in [2.05, 4.69) is 13.8 Å². The van der Waals surface area contributed by atoms with Crippen molar-refractivity contribution in [2.45, 2.75) is 46.7 Å². The Balaban J connectivity index is 2.99. The Bertz CT molecular complexity index is 427. The smallest absolute Gasteiger partial charge is 0.115 e. The van der Waals surface area contributed by atoms with Crippen LogP contribution in [0.1, 0.15) is 44.2 Å². The first-order valence-corrected chi connectivity index (χ1v) is 7.05. The average molecular weight is 264 g/mol. The molecule has 0 amide bonds. The highest BCUT2D eigenvalue weighted by atomic mass is 19.1. The molecule has 0 saturated heterocycles.